The fourth-order valence-electron chi connectivity index (χ4n) is 3.21. The van der Waals surface area contributed by atoms with Gasteiger partial charge in [0.25, 0.3) is 0 Å². The zero-order chi connectivity index (χ0) is 21.9. The summed E-state index contributed by atoms with van der Waals surface area (Å²) in [6, 6.07) is 11.8. The number of nitrogens with zero attached hydrogens (tertiary/aromatic N) is 2. The Kier molecular flexibility index (Phi) is 6.16. The molecule has 3 rings (SSSR count). The molecule has 1 heterocycles. The van der Waals surface area contributed by atoms with Crippen molar-refractivity contribution in [1.82, 2.24) is 5.01 Å². The number of carboxylic acid groups (broad SMARTS) is 1. The molecule has 0 radical (unpaired) electrons. The molecule has 0 spiro atoms. The van der Waals surface area contributed by atoms with Crippen LogP contribution in [0, 0.1) is 5.82 Å². The smallest absolute Gasteiger partial charge is 0.303 e. The third-order valence-corrected chi connectivity index (χ3v) is 5.09. The number of sulfonamides is 1. The number of anilines is 1. The van der Waals surface area contributed by atoms with Crippen LogP contribution in [-0.2, 0) is 19.6 Å². The van der Waals surface area contributed by atoms with Crippen LogP contribution in [0.4, 0.5) is 10.1 Å². The Labute approximate surface area is 173 Å². The fraction of sp³-hybridized carbons (Fsp3) is 0.250. The summed E-state index contributed by atoms with van der Waals surface area (Å²) in [7, 11) is -3.48. The van der Waals surface area contributed by atoms with Gasteiger partial charge in [0.05, 0.1) is 24.4 Å². The number of carbonyl (C=O) groups excluding carboxylic acids is 1. The fourth-order valence-corrected chi connectivity index (χ4v) is 3.76. The molecule has 0 fully saturated rings. The van der Waals surface area contributed by atoms with Gasteiger partial charge < -0.3 is 5.11 Å². The predicted octanol–water partition coefficient (Wildman–Crippen LogP) is 2.74. The first kappa shape index (κ1) is 21.4. The molecule has 0 aromatic heterocycles. The molecule has 0 saturated heterocycles. The topological polar surface area (TPSA) is 116 Å². The number of hydrogen-bond donors (Lipinski definition) is 2. The highest BCUT2D eigenvalue weighted by molar-refractivity contribution is 7.92. The first-order chi connectivity index (χ1) is 14.1. The third-order valence-electron chi connectivity index (χ3n) is 4.48. The molecule has 8 nitrogen and oxygen atoms in total. The van der Waals surface area contributed by atoms with Gasteiger partial charge in [0, 0.05) is 24.1 Å². The molecule has 1 atom stereocenters. The van der Waals surface area contributed by atoms with E-state index in [4.69, 9.17) is 5.11 Å². The average Bonchev–Trinajstić information content (AvgIpc) is 3.10. The SMILES string of the molecule is CS(=O)(=O)Nc1cccc(C2=NN(C(=O)CCC(=O)O)[C@@H](c3ccccc3F)C2)c1. The van der Waals surface area contributed by atoms with Gasteiger partial charge in [0.2, 0.25) is 15.9 Å². The van der Waals surface area contributed by atoms with E-state index in [9.17, 15) is 22.4 Å². The summed E-state index contributed by atoms with van der Waals surface area (Å²) in [5.74, 6) is -2.15. The summed E-state index contributed by atoms with van der Waals surface area (Å²) >= 11 is 0. The van der Waals surface area contributed by atoms with E-state index in [1.54, 1.807) is 36.4 Å². The normalized spacial score (nSPS) is 16.3. The van der Waals surface area contributed by atoms with Gasteiger partial charge in [-0.1, -0.05) is 30.3 Å². The van der Waals surface area contributed by atoms with Crippen molar-refractivity contribution in [1.29, 1.82) is 0 Å². The van der Waals surface area contributed by atoms with Crippen LogP contribution < -0.4 is 4.72 Å². The number of hydrogen-bond acceptors (Lipinski definition) is 5. The molecule has 30 heavy (non-hydrogen) atoms. The molecule has 0 saturated carbocycles. The number of nitrogens with one attached hydrogen (secondary N) is 1. The van der Waals surface area contributed by atoms with E-state index in [0.29, 0.717) is 17.0 Å². The molecule has 2 aromatic carbocycles. The molecule has 0 unspecified atom stereocenters. The highest BCUT2D eigenvalue weighted by Gasteiger charge is 2.34. The minimum atomic E-state index is -3.48. The van der Waals surface area contributed by atoms with E-state index in [0.717, 1.165) is 11.3 Å². The standard InChI is InChI=1S/C20H20FN3O5S/c1-30(28,29)23-14-6-4-5-13(11-14)17-12-18(15-7-2-3-8-16(15)21)24(22-17)19(25)9-10-20(26)27/h2-8,11,18,23H,9-10,12H2,1H3,(H,26,27)/t18-/m1/s1. The molecular formula is C20H20FN3O5S. The van der Waals surface area contributed by atoms with Crippen LogP contribution >= 0.6 is 0 Å². The Morgan fingerprint density at radius 1 is 1.20 bits per heavy atom. The number of aliphatic carboxylic acids is 1. The summed E-state index contributed by atoms with van der Waals surface area (Å²) in [5, 5.41) is 14.3. The van der Waals surface area contributed by atoms with Crippen molar-refractivity contribution in [3.05, 3.63) is 65.5 Å². The maximum atomic E-state index is 14.4. The summed E-state index contributed by atoms with van der Waals surface area (Å²) in [6.45, 7) is 0. The lowest BCUT2D eigenvalue weighted by molar-refractivity contribution is -0.141. The van der Waals surface area contributed by atoms with Crippen molar-refractivity contribution in [2.24, 2.45) is 5.10 Å². The average molecular weight is 433 g/mol. The highest BCUT2D eigenvalue weighted by Crippen LogP contribution is 2.35. The number of amides is 1. The molecular weight excluding hydrogens is 413 g/mol. The minimum Gasteiger partial charge on any atom is -0.481 e. The van der Waals surface area contributed by atoms with Gasteiger partial charge in [0.15, 0.2) is 0 Å². The van der Waals surface area contributed by atoms with E-state index in [2.05, 4.69) is 9.82 Å². The quantitative estimate of drug-likeness (QED) is 0.697. The predicted molar refractivity (Wildman–Crippen MR) is 109 cm³/mol. The largest absolute Gasteiger partial charge is 0.481 e. The Morgan fingerprint density at radius 2 is 1.93 bits per heavy atom. The highest BCUT2D eigenvalue weighted by atomic mass is 32.2. The zero-order valence-corrected chi connectivity index (χ0v) is 16.9. The lowest BCUT2D eigenvalue weighted by atomic mass is 9.97. The number of halogens is 1. The van der Waals surface area contributed by atoms with Crippen molar-refractivity contribution in [3.8, 4) is 0 Å². The first-order valence-electron chi connectivity index (χ1n) is 9.08. The van der Waals surface area contributed by atoms with E-state index in [-0.39, 0.29) is 24.8 Å². The van der Waals surface area contributed by atoms with Crippen molar-refractivity contribution in [2.75, 3.05) is 11.0 Å². The molecule has 1 aliphatic rings. The summed E-state index contributed by atoms with van der Waals surface area (Å²) in [4.78, 5) is 23.5. The van der Waals surface area contributed by atoms with Gasteiger partial charge in [-0.25, -0.2) is 17.8 Å². The second-order valence-corrected chi connectivity index (χ2v) is 8.62. The van der Waals surface area contributed by atoms with E-state index in [1.807, 2.05) is 0 Å². The molecule has 0 aliphatic carbocycles. The molecule has 2 N–H and O–H groups in total. The van der Waals surface area contributed by atoms with Gasteiger partial charge >= 0.3 is 5.97 Å². The lowest BCUT2D eigenvalue weighted by Gasteiger charge is -2.22. The van der Waals surface area contributed by atoms with Gasteiger partial charge in [-0.15, -0.1) is 0 Å². The molecule has 10 heteroatoms. The molecule has 1 aliphatic heterocycles. The first-order valence-corrected chi connectivity index (χ1v) is 11.0. The van der Waals surface area contributed by atoms with Crippen LogP contribution in [-0.4, -0.2) is 42.4 Å². The second kappa shape index (κ2) is 8.62. The Morgan fingerprint density at radius 3 is 2.60 bits per heavy atom. The summed E-state index contributed by atoms with van der Waals surface area (Å²) in [5.41, 5.74) is 1.63. The Bertz CT molecular complexity index is 1120. The zero-order valence-electron chi connectivity index (χ0n) is 16.1. The van der Waals surface area contributed by atoms with Crippen molar-refractivity contribution < 1.29 is 27.5 Å². The molecule has 1 amide bonds. The van der Waals surface area contributed by atoms with Crippen LogP contribution in [0.25, 0.3) is 0 Å². The van der Waals surface area contributed by atoms with Crippen LogP contribution in [0.15, 0.2) is 53.6 Å². The van der Waals surface area contributed by atoms with Crippen molar-refractivity contribution in [3.63, 3.8) is 0 Å². The maximum absolute atomic E-state index is 14.4. The second-order valence-electron chi connectivity index (χ2n) is 6.88. The summed E-state index contributed by atoms with van der Waals surface area (Å²) < 4.78 is 39.8. The van der Waals surface area contributed by atoms with Crippen molar-refractivity contribution >= 4 is 33.3 Å². The van der Waals surface area contributed by atoms with Gasteiger partial charge in [0.1, 0.15) is 5.82 Å². The molecule has 2 aromatic rings. The number of rotatable bonds is 7. The minimum absolute atomic E-state index is 0.197. The van der Waals surface area contributed by atoms with Gasteiger partial charge in [-0.05, 0) is 23.8 Å². The van der Waals surface area contributed by atoms with Gasteiger partial charge in [-0.2, -0.15) is 5.10 Å². The Hall–Kier alpha value is -3.27. The Balaban J connectivity index is 1.95. The summed E-state index contributed by atoms with van der Waals surface area (Å²) in [6.07, 6.45) is 0.594. The van der Waals surface area contributed by atoms with Gasteiger partial charge in [-0.3, -0.25) is 14.3 Å². The van der Waals surface area contributed by atoms with Crippen LogP contribution in [0.2, 0.25) is 0 Å². The van der Waals surface area contributed by atoms with E-state index in [1.165, 1.54) is 12.1 Å². The maximum Gasteiger partial charge on any atom is 0.303 e. The monoisotopic (exact) mass is 433 g/mol. The number of carboxylic acids is 1. The van der Waals surface area contributed by atoms with Crippen LogP contribution in [0.1, 0.15) is 36.4 Å². The van der Waals surface area contributed by atoms with E-state index < -0.39 is 33.8 Å². The van der Waals surface area contributed by atoms with Crippen molar-refractivity contribution in [2.45, 2.75) is 25.3 Å². The van der Waals surface area contributed by atoms with E-state index >= 15 is 0 Å². The third kappa shape index (κ3) is 5.20. The van der Waals surface area contributed by atoms with Crippen LogP contribution in [0.3, 0.4) is 0 Å². The molecule has 158 valence electrons. The number of carbonyl (C=O) groups is 2. The van der Waals surface area contributed by atoms with Crippen LogP contribution in [0.5, 0.6) is 0 Å². The number of benzene rings is 2. The lowest BCUT2D eigenvalue weighted by Crippen LogP contribution is -2.28. The molecule has 0 bridgehead atoms. The number of hydrazone groups is 1.